The minimum Gasteiger partial charge on any atom is -0.507 e. The minimum atomic E-state index is -0.398. The standard InChI is InChI=1S/C14H19NO3/c1-9-4-2-5-10(8-9)15-14(18)13-11(16)6-3-7-12(13)17/h3,6-7,9-10,16-17H,2,4-5,8H2,1H3,(H,15,18). The zero-order valence-electron chi connectivity index (χ0n) is 10.5. The van der Waals surface area contributed by atoms with E-state index < -0.39 is 5.91 Å². The molecule has 1 aromatic rings. The summed E-state index contributed by atoms with van der Waals surface area (Å²) in [6, 6.07) is 4.45. The van der Waals surface area contributed by atoms with Crippen LogP contribution in [0.5, 0.6) is 11.5 Å². The van der Waals surface area contributed by atoms with Crippen LogP contribution in [0.2, 0.25) is 0 Å². The Labute approximate surface area is 107 Å². The van der Waals surface area contributed by atoms with Crippen molar-refractivity contribution in [3.8, 4) is 11.5 Å². The molecule has 0 heterocycles. The van der Waals surface area contributed by atoms with Crippen molar-refractivity contribution in [2.24, 2.45) is 5.92 Å². The number of phenolic OH excluding ortho intramolecular Hbond substituents is 2. The Morgan fingerprint density at radius 3 is 2.56 bits per heavy atom. The molecular formula is C14H19NO3. The zero-order valence-corrected chi connectivity index (χ0v) is 10.5. The number of nitrogens with one attached hydrogen (secondary N) is 1. The molecule has 2 rings (SSSR count). The lowest BCUT2D eigenvalue weighted by atomic mass is 9.87. The largest absolute Gasteiger partial charge is 0.507 e. The summed E-state index contributed by atoms with van der Waals surface area (Å²) in [7, 11) is 0. The zero-order chi connectivity index (χ0) is 13.1. The van der Waals surface area contributed by atoms with E-state index in [9.17, 15) is 15.0 Å². The Morgan fingerprint density at radius 1 is 1.28 bits per heavy atom. The smallest absolute Gasteiger partial charge is 0.259 e. The third kappa shape index (κ3) is 2.75. The van der Waals surface area contributed by atoms with Crippen LogP contribution < -0.4 is 5.32 Å². The molecule has 1 aliphatic carbocycles. The lowest BCUT2D eigenvalue weighted by molar-refractivity contribution is 0.0916. The first-order valence-corrected chi connectivity index (χ1v) is 6.39. The number of aromatic hydroxyl groups is 2. The van der Waals surface area contributed by atoms with Crippen LogP contribution in [0.4, 0.5) is 0 Å². The predicted octanol–water partition coefficient (Wildman–Crippen LogP) is 2.41. The molecule has 0 bridgehead atoms. The Kier molecular flexibility index (Phi) is 3.75. The van der Waals surface area contributed by atoms with Gasteiger partial charge in [-0.05, 0) is 30.9 Å². The predicted molar refractivity (Wildman–Crippen MR) is 68.7 cm³/mol. The van der Waals surface area contributed by atoms with E-state index in [0.29, 0.717) is 5.92 Å². The molecule has 18 heavy (non-hydrogen) atoms. The number of amides is 1. The van der Waals surface area contributed by atoms with Crippen molar-refractivity contribution in [2.45, 2.75) is 38.6 Å². The van der Waals surface area contributed by atoms with Gasteiger partial charge in [0, 0.05) is 6.04 Å². The van der Waals surface area contributed by atoms with E-state index in [-0.39, 0.29) is 23.1 Å². The fourth-order valence-electron chi connectivity index (χ4n) is 2.58. The normalized spacial score (nSPS) is 23.6. The number of hydrogen-bond donors (Lipinski definition) is 3. The number of benzene rings is 1. The molecule has 1 fully saturated rings. The first kappa shape index (κ1) is 12.7. The summed E-state index contributed by atoms with van der Waals surface area (Å²) in [4.78, 5) is 12.0. The molecule has 0 aromatic heterocycles. The van der Waals surface area contributed by atoms with E-state index in [1.54, 1.807) is 0 Å². The molecule has 1 aliphatic rings. The van der Waals surface area contributed by atoms with Crippen LogP contribution in [0.1, 0.15) is 43.0 Å². The maximum absolute atomic E-state index is 12.0. The third-order valence-electron chi connectivity index (χ3n) is 3.52. The van der Waals surface area contributed by atoms with Gasteiger partial charge < -0.3 is 15.5 Å². The second-order valence-corrected chi connectivity index (χ2v) is 5.11. The fourth-order valence-corrected chi connectivity index (χ4v) is 2.58. The van der Waals surface area contributed by atoms with E-state index in [0.717, 1.165) is 19.3 Å². The molecule has 0 radical (unpaired) electrons. The van der Waals surface area contributed by atoms with Gasteiger partial charge in [0.25, 0.3) is 5.91 Å². The molecular weight excluding hydrogens is 230 g/mol. The molecule has 3 N–H and O–H groups in total. The average Bonchev–Trinajstić information content (AvgIpc) is 2.28. The van der Waals surface area contributed by atoms with Gasteiger partial charge in [-0.25, -0.2) is 0 Å². The molecule has 1 amide bonds. The molecule has 4 heteroatoms. The Morgan fingerprint density at radius 2 is 1.94 bits per heavy atom. The van der Waals surface area contributed by atoms with Crippen LogP contribution in [0.25, 0.3) is 0 Å². The van der Waals surface area contributed by atoms with Crippen LogP contribution in [0.15, 0.2) is 18.2 Å². The number of carbonyl (C=O) groups is 1. The monoisotopic (exact) mass is 249 g/mol. The van der Waals surface area contributed by atoms with Gasteiger partial charge in [-0.1, -0.05) is 25.8 Å². The number of hydrogen-bond acceptors (Lipinski definition) is 3. The van der Waals surface area contributed by atoms with Crippen molar-refractivity contribution < 1.29 is 15.0 Å². The second kappa shape index (κ2) is 5.29. The number of rotatable bonds is 2. The Bertz CT molecular complexity index is 424. The van der Waals surface area contributed by atoms with Crippen molar-refractivity contribution in [1.82, 2.24) is 5.32 Å². The van der Waals surface area contributed by atoms with Gasteiger partial charge >= 0.3 is 0 Å². The lowest BCUT2D eigenvalue weighted by Crippen LogP contribution is -2.38. The molecule has 1 aromatic carbocycles. The highest BCUT2D eigenvalue weighted by Crippen LogP contribution is 2.28. The second-order valence-electron chi connectivity index (χ2n) is 5.11. The first-order valence-electron chi connectivity index (χ1n) is 6.39. The van der Waals surface area contributed by atoms with E-state index in [2.05, 4.69) is 12.2 Å². The van der Waals surface area contributed by atoms with Crippen molar-refractivity contribution >= 4 is 5.91 Å². The maximum Gasteiger partial charge on any atom is 0.259 e. The van der Waals surface area contributed by atoms with Gasteiger partial charge in [-0.2, -0.15) is 0 Å². The summed E-state index contributed by atoms with van der Waals surface area (Å²) < 4.78 is 0. The van der Waals surface area contributed by atoms with Crippen LogP contribution in [-0.2, 0) is 0 Å². The number of phenols is 2. The summed E-state index contributed by atoms with van der Waals surface area (Å²) in [6.07, 6.45) is 4.23. The molecule has 0 saturated heterocycles. The van der Waals surface area contributed by atoms with Crippen LogP contribution in [0, 0.1) is 5.92 Å². The maximum atomic E-state index is 12.0. The van der Waals surface area contributed by atoms with Gasteiger partial charge in [-0.3, -0.25) is 4.79 Å². The molecule has 2 atom stereocenters. The molecule has 1 saturated carbocycles. The molecule has 98 valence electrons. The molecule has 0 aliphatic heterocycles. The summed E-state index contributed by atoms with van der Waals surface area (Å²) in [5.74, 6) is -0.153. The van der Waals surface area contributed by atoms with Crippen LogP contribution in [0.3, 0.4) is 0 Å². The summed E-state index contributed by atoms with van der Waals surface area (Å²) in [6.45, 7) is 2.18. The molecule has 0 spiro atoms. The summed E-state index contributed by atoms with van der Waals surface area (Å²) in [5, 5.41) is 22.1. The third-order valence-corrected chi connectivity index (χ3v) is 3.52. The van der Waals surface area contributed by atoms with Gasteiger partial charge in [0.05, 0.1) is 0 Å². The van der Waals surface area contributed by atoms with Gasteiger partial charge in [-0.15, -0.1) is 0 Å². The van der Waals surface area contributed by atoms with Gasteiger partial charge in [0.1, 0.15) is 17.1 Å². The quantitative estimate of drug-likeness (QED) is 0.753. The van der Waals surface area contributed by atoms with Crippen LogP contribution >= 0.6 is 0 Å². The molecule has 4 nitrogen and oxygen atoms in total. The van der Waals surface area contributed by atoms with Gasteiger partial charge in [0.15, 0.2) is 0 Å². The highest BCUT2D eigenvalue weighted by atomic mass is 16.3. The Hall–Kier alpha value is -1.71. The van der Waals surface area contributed by atoms with Crippen molar-refractivity contribution in [1.29, 1.82) is 0 Å². The van der Waals surface area contributed by atoms with E-state index >= 15 is 0 Å². The first-order chi connectivity index (χ1) is 8.58. The molecule has 2 unspecified atom stereocenters. The number of carbonyl (C=O) groups excluding carboxylic acids is 1. The van der Waals surface area contributed by atoms with E-state index in [4.69, 9.17) is 0 Å². The average molecular weight is 249 g/mol. The highest BCUT2D eigenvalue weighted by Gasteiger charge is 2.23. The SMILES string of the molecule is CC1CCCC(NC(=O)c2c(O)cccc2O)C1. The van der Waals surface area contributed by atoms with Crippen molar-refractivity contribution in [3.05, 3.63) is 23.8 Å². The topological polar surface area (TPSA) is 69.6 Å². The van der Waals surface area contributed by atoms with Crippen molar-refractivity contribution in [3.63, 3.8) is 0 Å². The summed E-state index contributed by atoms with van der Waals surface area (Å²) >= 11 is 0. The highest BCUT2D eigenvalue weighted by molar-refractivity contribution is 5.99. The van der Waals surface area contributed by atoms with E-state index in [1.807, 2.05) is 0 Å². The fraction of sp³-hybridized carbons (Fsp3) is 0.500. The van der Waals surface area contributed by atoms with Crippen LogP contribution in [-0.4, -0.2) is 22.2 Å². The summed E-state index contributed by atoms with van der Waals surface area (Å²) in [5.41, 5.74) is -0.0317. The van der Waals surface area contributed by atoms with Crippen molar-refractivity contribution in [2.75, 3.05) is 0 Å². The lowest BCUT2D eigenvalue weighted by Gasteiger charge is -2.27. The van der Waals surface area contributed by atoms with E-state index in [1.165, 1.54) is 24.6 Å². The Balaban J connectivity index is 2.07. The van der Waals surface area contributed by atoms with Gasteiger partial charge in [0.2, 0.25) is 0 Å². The minimum absolute atomic E-state index is 0.0317.